The highest BCUT2D eigenvalue weighted by atomic mass is 35.5. The Morgan fingerprint density at radius 3 is 2.62 bits per heavy atom. The summed E-state index contributed by atoms with van der Waals surface area (Å²) >= 11 is 0. The third-order valence-electron chi connectivity index (χ3n) is 3.65. The molecule has 1 aromatic rings. The van der Waals surface area contributed by atoms with Crippen LogP contribution in [0.3, 0.4) is 0 Å². The Labute approximate surface area is 129 Å². The highest BCUT2D eigenvalue weighted by Crippen LogP contribution is 2.21. The van der Waals surface area contributed by atoms with Gasteiger partial charge in [-0.25, -0.2) is 13.6 Å². The molecule has 4 nitrogen and oxygen atoms in total. The van der Waals surface area contributed by atoms with Gasteiger partial charge in [-0.3, -0.25) is 0 Å². The molecule has 1 aliphatic rings. The minimum atomic E-state index is -0.641. The zero-order chi connectivity index (χ0) is 14.5. The van der Waals surface area contributed by atoms with E-state index in [9.17, 15) is 13.6 Å². The van der Waals surface area contributed by atoms with Gasteiger partial charge in [0.15, 0.2) is 0 Å². The van der Waals surface area contributed by atoms with Crippen molar-refractivity contribution in [2.45, 2.75) is 19.3 Å². The molecule has 0 aromatic heterocycles. The molecule has 0 radical (unpaired) electrons. The van der Waals surface area contributed by atoms with Crippen molar-refractivity contribution < 1.29 is 13.6 Å². The molecule has 1 saturated heterocycles. The van der Waals surface area contributed by atoms with Crippen LogP contribution in [0, 0.1) is 17.6 Å². The fourth-order valence-corrected chi connectivity index (χ4v) is 2.45. The highest BCUT2D eigenvalue weighted by Gasteiger charge is 2.22. The maximum absolute atomic E-state index is 13.4. The van der Waals surface area contributed by atoms with Crippen LogP contribution in [0.25, 0.3) is 0 Å². The van der Waals surface area contributed by atoms with E-state index in [1.165, 1.54) is 0 Å². The van der Waals surface area contributed by atoms with Crippen LogP contribution in [0.5, 0.6) is 0 Å². The highest BCUT2D eigenvalue weighted by molar-refractivity contribution is 5.89. The summed E-state index contributed by atoms with van der Waals surface area (Å²) in [5, 5.41) is 2.41. The maximum Gasteiger partial charge on any atom is 0.321 e. The predicted molar refractivity (Wildman–Crippen MR) is 80.6 cm³/mol. The Morgan fingerprint density at radius 2 is 2.00 bits per heavy atom. The van der Waals surface area contributed by atoms with Crippen molar-refractivity contribution in [3.8, 4) is 0 Å². The first-order valence-electron chi connectivity index (χ1n) is 6.81. The molecule has 1 fully saturated rings. The molecule has 118 valence electrons. The van der Waals surface area contributed by atoms with Crippen LogP contribution in [0.2, 0.25) is 0 Å². The maximum atomic E-state index is 13.4. The van der Waals surface area contributed by atoms with Gasteiger partial charge in [0.1, 0.15) is 11.6 Å². The Hall–Kier alpha value is -1.40. The zero-order valence-electron chi connectivity index (χ0n) is 11.6. The van der Waals surface area contributed by atoms with Crippen molar-refractivity contribution in [1.82, 2.24) is 4.90 Å². The number of urea groups is 1. The number of nitrogens with one attached hydrogen (secondary N) is 1. The van der Waals surface area contributed by atoms with Gasteiger partial charge in [0, 0.05) is 19.2 Å². The summed E-state index contributed by atoms with van der Waals surface area (Å²) < 4.78 is 26.5. The Kier molecular flexibility index (Phi) is 6.84. The molecule has 0 aliphatic carbocycles. The number of hydrogen-bond donors (Lipinski definition) is 2. The molecule has 2 amide bonds. The number of halogens is 3. The van der Waals surface area contributed by atoms with E-state index in [-0.39, 0.29) is 24.1 Å². The lowest BCUT2D eigenvalue weighted by atomic mass is 9.94. The van der Waals surface area contributed by atoms with Gasteiger partial charge in [0.05, 0.1) is 5.69 Å². The van der Waals surface area contributed by atoms with Crippen LogP contribution >= 0.6 is 12.4 Å². The Balaban J connectivity index is 0.00000220. The van der Waals surface area contributed by atoms with E-state index in [1.807, 2.05) is 0 Å². The Morgan fingerprint density at radius 1 is 1.33 bits per heavy atom. The predicted octanol–water partition coefficient (Wildman–Crippen LogP) is 2.98. The quantitative estimate of drug-likeness (QED) is 0.900. The molecule has 1 heterocycles. The number of likely N-dealkylation sites (tertiary alicyclic amines) is 1. The van der Waals surface area contributed by atoms with E-state index in [2.05, 4.69) is 5.32 Å². The third-order valence-corrected chi connectivity index (χ3v) is 3.65. The second-order valence-electron chi connectivity index (χ2n) is 5.06. The minimum absolute atomic E-state index is 0. The summed E-state index contributed by atoms with van der Waals surface area (Å²) in [6.45, 7) is 1.90. The number of rotatable bonds is 3. The van der Waals surface area contributed by atoms with Gasteiger partial charge in [0.25, 0.3) is 0 Å². The van der Waals surface area contributed by atoms with E-state index in [0.29, 0.717) is 25.6 Å². The van der Waals surface area contributed by atoms with E-state index in [4.69, 9.17) is 5.73 Å². The fourth-order valence-electron chi connectivity index (χ4n) is 2.45. The summed E-state index contributed by atoms with van der Waals surface area (Å²) in [7, 11) is 0. The van der Waals surface area contributed by atoms with Gasteiger partial charge in [-0.2, -0.15) is 0 Å². The normalized spacial score (nSPS) is 15.5. The lowest BCUT2D eigenvalue weighted by Gasteiger charge is -2.31. The monoisotopic (exact) mass is 319 g/mol. The molecule has 2 rings (SSSR count). The van der Waals surface area contributed by atoms with E-state index < -0.39 is 11.6 Å². The molecule has 0 saturated carbocycles. The average Bonchev–Trinajstić information content (AvgIpc) is 2.44. The summed E-state index contributed by atoms with van der Waals surface area (Å²) in [5.41, 5.74) is 5.39. The largest absolute Gasteiger partial charge is 0.330 e. The van der Waals surface area contributed by atoms with Crippen LogP contribution in [-0.2, 0) is 0 Å². The first kappa shape index (κ1) is 17.7. The molecular weight excluding hydrogens is 300 g/mol. The van der Waals surface area contributed by atoms with E-state index in [1.54, 1.807) is 4.90 Å². The number of benzene rings is 1. The lowest BCUT2D eigenvalue weighted by Crippen LogP contribution is -2.41. The van der Waals surface area contributed by atoms with Gasteiger partial charge in [-0.05, 0) is 43.9 Å². The number of amides is 2. The molecule has 21 heavy (non-hydrogen) atoms. The second kappa shape index (κ2) is 8.14. The molecule has 1 aromatic carbocycles. The lowest BCUT2D eigenvalue weighted by molar-refractivity contribution is 0.180. The topological polar surface area (TPSA) is 58.4 Å². The average molecular weight is 320 g/mol. The van der Waals surface area contributed by atoms with Crippen LogP contribution in [0.1, 0.15) is 19.3 Å². The van der Waals surface area contributed by atoms with Gasteiger partial charge >= 0.3 is 6.03 Å². The molecule has 0 atom stereocenters. The number of piperidine rings is 1. The third kappa shape index (κ3) is 4.82. The van der Waals surface area contributed by atoms with Crippen molar-refractivity contribution in [3.05, 3.63) is 29.8 Å². The molecule has 0 bridgehead atoms. The molecule has 1 aliphatic heterocycles. The van der Waals surface area contributed by atoms with Gasteiger partial charge in [-0.15, -0.1) is 12.4 Å². The summed E-state index contributed by atoms with van der Waals surface area (Å²) in [4.78, 5) is 13.6. The van der Waals surface area contributed by atoms with E-state index >= 15 is 0 Å². The standard InChI is InChI=1S/C14H19F2N3O.ClH/c15-11-1-2-12(16)13(9-11)18-14(20)19-7-4-10(3-6-17)5-8-19;/h1-2,9-10H,3-8,17H2,(H,18,20);1H. The fraction of sp³-hybridized carbons (Fsp3) is 0.500. The van der Waals surface area contributed by atoms with Crippen molar-refractivity contribution in [3.63, 3.8) is 0 Å². The van der Waals surface area contributed by atoms with Crippen LogP contribution in [0.4, 0.5) is 19.3 Å². The van der Waals surface area contributed by atoms with Crippen molar-refractivity contribution in [1.29, 1.82) is 0 Å². The first-order chi connectivity index (χ1) is 9.60. The summed E-state index contributed by atoms with van der Waals surface area (Å²) in [6, 6.07) is 2.61. The van der Waals surface area contributed by atoms with Crippen LogP contribution < -0.4 is 11.1 Å². The van der Waals surface area contributed by atoms with Gasteiger partial charge < -0.3 is 16.0 Å². The van der Waals surface area contributed by atoms with E-state index in [0.717, 1.165) is 37.5 Å². The van der Waals surface area contributed by atoms with Gasteiger partial charge in [-0.1, -0.05) is 0 Å². The van der Waals surface area contributed by atoms with Crippen molar-refractivity contribution >= 4 is 24.1 Å². The second-order valence-corrected chi connectivity index (χ2v) is 5.06. The number of carbonyl (C=O) groups excluding carboxylic acids is 1. The molecule has 0 unspecified atom stereocenters. The number of nitrogens with zero attached hydrogens (tertiary/aromatic N) is 1. The number of carbonyl (C=O) groups is 1. The van der Waals surface area contributed by atoms with Crippen LogP contribution in [0.15, 0.2) is 18.2 Å². The summed E-state index contributed by atoms with van der Waals surface area (Å²) in [6.07, 6.45) is 2.76. The molecule has 0 spiro atoms. The molecular formula is C14H20ClF2N3O. The van der Waals surface area contributed by atoms with Crippen molar-refractivity contribution in [2.75, 3.05) is 25.0 Å². The summed E-state index contributed by atoms with van der Waals surface area (Å²) in [5.74, 6) is -0.670. The Bertz CT molecular complexity index is 479. The zero-order valence-corrected chi connectivity index (χ0v) is 12.5. The smallest absolute Gasteiger partial charge is 0.321 e. The number of nitrogens with two attached hydrogens (primary N) is 1. The van der Waals surface area contributed by atoms with Gasteiger partial charge in [0.2, 0.25) is 0 Å². The molecule has 7 heteroatoms. The number of hydrogen-bond acceptors (Lipinski definition) is 2. The first-order valence-corrected chi connectivity index (χ1v) is 6.81. The van der Waals surface area contributed by atoms with Crippen LogP contribution in [-0.4, -0.2) is 30.6 Å². The SMILES string of the molecule is Cl.NCCC1CCN(C(=O)Nc2cc(F)ccc2F)CC1. The minimum Gasteiger partial charge on any atom is -0.330 e. The molecule has 3 N–H and O–H groups in total. The number of anilines is 1. The van der Waals surface area contributed by atoms with Crippen molar-refractivity contribution in [2.24, 2.45) is 11.7 Å².